The predicted octanol–water partition coefficient (Wildman–Crippen LogP) is 2.02. The molecule has 1 saturated heterocycles. The van der Waals surface area contributed by atoms with Crippen molar-refractivity contribution in [2.24, 2.45) is 11.8 Å². The lowest BCUT2D eigenvalue weighted by Gasteiger charge is -2.20. The summed E-state index contributed by atoms with van der Waals surface area (Å²) in [6, 6.07) is 7.82. The molecule has 4 heteroatoms. The Balaban J connectivity index is 2.32. The van der Waals surface area contributed by atoms with Gasteiger partial charge in [0.05, 0.1) is 17.2 Å². The van der Waals surface area contributed by atoms with Crippen LogP contribution in [0.2, 0.25) is 0 Å². The maximum atomic E-state index is 11.1. The van der Waals surface area contributed by atoms with Crippen LogP contribution in [0.15, 0.2) is 18.2 Å². The van der Waals surface area contributed by atoms with Crippen LogP contribution in [0.3, 0.4) is 0 Å². The molecule has 0 radical (unpaired) electrons. The number of carboxylic acids is 1. The molecule has 1 aliphatic rings. The number of nitriles is 1. The van der Waals surface area contributed by atoms with Gasteiger partial charge < -0.3 is 10.0 Å². The molecular weight excluding hydrogens is 228 g/mol. The van der Waals surface area contributed by atoms with Gasteiger partial charge in [0.2, 0.25) is 0 Å². The molecule has 1 aromatic rings. The van der Waals surface area contributed by atoms with E-state index in [9.17, 15) is 4.79 Å². The number of hydrogen-bond acceptors (Lipinski definition) is 3. The van der Waals surface area contributed by atoms with E-state index in [1.807, 2.05) is 30.9 Å². The molecule has 0 unspecified atom stereocenters. The molecule has 1 heterocycles. The van der Waals surface area contributed by atoms with Crippen molar-refractivity contribution in [2.45, 2.75) is 13.8 Å². The molecule has 1 aliphatic heterocycles. The zero-order chi connectivity index (χ0) is 13.3. The lowest BCUT2D eigenvalue weighted by atomic mass is 9.99. The topological polar surface area (TPSA) is 64.3 Å². The Morgan fingerprint density at radius 1 is 1.50 bits per heavy atom. The Bertz CT molecular complexity index is 519. The number of nitrogens with zero attached hydrogens (tertiary/aromatic N) is 2. The summed E-state index contributed by atoms with van der Waals surface area (Å²) in [4.78, 5) is 13.1. The summed E-state index contributed by atoms with van der Waals surface area (Å²) in [7, 11) is 0. The lowest BCUT2D eigenvalue weighted by Crippen LogP contribution is -2.23. The maximum Gasteiger partial charge on any atom is 0.308 e. The monoisotopic (exact) mass is 244 g/mol. The molecule has 0 aliphatic carbocycles. The first-order valence-electron chi connectivity index (χ1n) is 6.01. The first kappa shape index (κ1) is 12.4. The third kappa shape index (κ3) is 2.17. The van der Waals surface area contributed by atoms with Crippen LogP contribution in [0.5, 0.6) is 0 Å². The van der Waals surface area contributed by atoms with Gasteiger partial charge in [-0.3, -0.25) is 4.79 Å². The lowest BCUT2D eigenvalue weighted by molar-refractivity contribution is -0.142. The van der Waals surface area contributed by atoms with Gasteiger partial charge in [-0.15, -0.1) is 0 Å². The average Bonchev–Trinajstić information content (AvgIpc) is 2.71. The molecule has 2 rings (SSSR count). The largest absolute Gasteiger partial charge is 0.481 e. The summed E-state index contributed by atoms with van der Waals surface area (Å²) in [6.45, 7) is 5.09. The second-order valence-electron chi connectivity index (χ2n) is 4.96. The molecule has 18 heavy (non-hydrogen) atoms. The van der Waals surface area contributed by atoms with Crippen LogP contribution in [-0.2, 0) is 4.79 Å². The van der Waals surface area contributed by atoms with E-state index in [0.717, 1.165) is 11.3 Å². The molecule has 0 aromatic heterocycles. The summed E-state index contributed by atoms with van der Waals surface area (Å²) in [5.41, 5.74) is 2.54. The van der Waals surface area contributed by atoms with Crippen molar-refractivity contribution in [3.8, 4) is 6.07 Å². The van der Waals surface area contributed by atoms with Crippen molar-refractivity contribution < 1.29 is 9.90 Å². The number of aryl methyl sites for hydroxylation is 1. The fourth-order valence-corrected chi connectivity index (χ4v) is 2.48. The molecule has 0 saturated carbocycles. The molecule has 0 spiro atoms. The molecule has 1 aromatic carbocycles. The second kappa shape index (κ2) is 4.69. The molecular formula is C14H16N2O2. The smallest absolute Gasteiger partial charge is 0.308 e. The Labute approximate surface area is 106 Å². The quantitative estimate of drug-likeness (QED) is 0.864. The highest BCUT2D eigenvalue weighted by molar-refractivity contribution is 5.73. The Morgan fingerprint density at radius 2 is 2.22 bits per heavy atom. The third-order valence-corrected chi connectivity index (χ3v) is 3.54. The van der Waals surface area contributed by atoms with Gasteiger partial charge >= 0.3 is 5.97 Å². The van der Waals surface area contributed by atoms with Gasteiger partial charge in [0, 0.05) is 13.1 Å². The van der Waals surface area contributed by atoms with Crippen LogP contribution in [0.4, 0.5) is 5.69 Å². The van der Waals surface area contributed by atoms with Crippen molar-refractivity contribution in [3.05, 3.63) is 29.3 Å². The molecule has 1 fully saturated rings. The minimum Gasteiger partial charge on any atom is -0.481 e. The van der Waals surface area contributed by atoms with Gasteiger partial charge in [0.25, 0.3) is 0 Å². The summed E-state index contributed by atoms with van der Waals surface area (Å²) in [5.74, 6) is -0.997. The highest BCUT2D eigenvalue weighted by Crippen LogP contribution is 2.31. The molecule has 94 valence electrons. The van der Waals surface area contributed by atoms with Gasteiger partial charge in [-0.25, -0.2) is 0 Å². The van der Waals surface area contributed by atoms with Gasteiger partial charge in [0.15, 0.2) is 0 Å². The number of anilines is 1. The molecule has 0 bridgehead atoms. The number of carbonyl (C=O) groups is 1. The summed E-state index contributed by atoms with van der Waals surface area (Å²) >= 11 is 0. The molecule has 4 nitrogen and oxygen atoms in total. The number of benzene rings is 1. The van der Waals surface area contributed by atoms with Crippen molar-refractivity contribution in [2.75, 3.05) is 18.0 Å². The van der Waals surface area contributed by atoms with E-state index in [1.165, 1.54) is 0 Å². The van der Waals surface area contributed by atoms with Crippen LogP contribution < -0.4 is 4.90 Å². The van der Waals surface area contributed by atoms with Crippen LogP contribution in [-0.4, -0.2) is 24.2 Å². The molecule has 0 amide bonds. The van der Waals surface area contributed by atoms with Crippen molar-refractivity contribution in [3.63, 3.8) is 0 Å². The van der Waals surface area contributed by atoms with Crippen LogP contribution >= 0.6 is 0 Å². The minimum absolute atomic E-state index is 0.106. The summed E-state index contributed by atoms with van der Waals surface area (Å²) in [5, 5.41) is 18.3. The van der Waals surface area contributed by atoms with Crippen molar-refractivity contribution >= 4 is 11.7 Å². The zero-order valence-corrected chi connectivity index (χ0v) is 10.6. The van der Waals surface area contributed by atoms with Crippen molar-refractivity contribution in [1.29, 1.82) is 5.26 Å². The highest BCUT2D eigenvalue weighted by Gasteiger charge is 2.35. The minimum atomic E-state index is -0.754. The van der Waals surface area contributed by atoms with Gasteiger partial charge in [-0.05, 0) is 30.5 Å². The van der Waals surface area contributed by atoms with E-state index in [0.29, 0.717) is 18.7 Å². The average molecular weight is 244 g/mol. The predicted molar refractivity (Wildman–Crippen MR) is 68.4 cm³/mol. The maximum absolute atomic E-state index is 11.1. The summed E-state index contributed by atoms with van der Waals surface area (Å²) < 4.78 is 0. The Kier molecular flexibility index (Phi) is 3.24. The fraction of sp³-hybridized carbons (Fsp3) is 0.429. The number of rotatable bonds is 2. The highest BCUT2D eigenvalue weighted by atomic mass is 16.4. The fourth-order valence-electron chi connectivity index (χ4n) is 2.48. The van der Waals surface area contributed by atoms with Crippen LogP contribution in [0.1, 0.15) is 18.1 Å². The van der Waals surface area contributed by atoms with Crippen LogP contribution in [0, 0.1) is 30.1 Å². The van der Waals surface area contributed by atoms with E-state index in [2.05, 4.69) is 6.07 Å². The Hall–Kier alpha value is -2.02. The van der Waals surface area contributed by atoms with E-state index in [-0.39, 0.29) is 11.8 Å². The Morgan fingerprint density at radius 3 is 2.78 bits per heavy atom. The molecule has 1 N–H and O–H groups in total. The number of hydrogen-bond donors (Lipinski definition) is 1. The first-order valence-corrected chi connectivity index (χ1v) is 6.01. The zero-order valence-electron chi connectivity index (χ0n) is 10.6. The normalized spacial score (nSPS) is 22.8. The summed E-state index contributed by atoms with van der Waals surface area (Å²) in [6.07, 6.45) is 0. The second-order valence-corrected chi connectivity index (χ2v) is 4.96. The van der Waals surface area contributed by atoms with E-state index >= 15 is 0 Å². The van der Waals surface area contributed by atoms with Gasteiger partial charge in [0.1, 0.15) is 6.07 Å². The van der Waals surface area contributed by atoms with E-state index < -0.39 is 5.97 Å². The van der Waals surface area contributed by atoms with Crippen LogP contribution in [0.25, 0.3) is 0 Å². The standard InChI is InChI=1S/C14H16N2O2/c1-9-3-4-11(6-15)13(5-9)16-7-10(2)12(8-16)14(17)18/h3-5,10,12H,7-8H2,1-2H3,(H,17,18)/t10-,12-/m1/s1. The number of carboxylic acid groups (broad SMARTS) is 1. The van der Waals surface area contributed by atoms with Gasteiger partial charge in [-0.2, -0.15) is 5.26 Å². The van der Waals surface area contributed by atoms with Crippen molar-refractivity contribution in [1.82, 2.24) is 0 Å². The van der Waals surface area contributed by atoms with Gasteiger partial charge in [-0.1, -0.05) is 13.0 Å². The van der Waals surface area contributed by atoms with E-state index in [1.54, 1.807) is 6.07 Å². The molecule has 2 atom stereocenters. The van der Waals surface area contributed by atoms with E-state index in [4.69, 9.17) is 10.4 Å². The first-order chi connectivity index (χ1) is 8.52. The SMILES string of the molecule is Cc1ccc(C#N)c(N2C[C@@H](C)[C@H](C(=O)O)C2)c1. The third-order valence-electron chi connectivity index (χ3n) is 3.54. The number of aliphatic carboxylic acids is 1.